The van der Waals surface area contributed by atoms with Crippen LogP contribution in [0.15, 0.2) is 25.3 Å². The van der Waals surface area contributed by atoms with Gasteiger partial charge >= 0.3 is 0 Å². The van der Waals surface area contributed by atoms with Gasteiger partial charge in [-0.25, -0.2) is 15.0 Å². The van der Waals surface area contributed by atoms with Gasteiger partial charge in [-0.1, -0.05) is 6.08 Å². The predicted molar refractivity (Wildman–Crippen MR) is 80.4 cm³/mol. The summed E-state index contributed by atoms with van der Waals surface area (Å²) in [4.78, 5) is 12.5. The van der Waals surface area contributed by atoms with Crippen LogP contribution in [0.4, 0.5) is 5.82 Å². The summed E-state index contributed by atoms with van der Waals surface area (Å²) in [6, 6.07) is 0. The highest BCUT2D eigenvalue weighted by molar-refractivity contribution is 5.81. The van der Waals surface area contributed by atoms with Crippen LogP contribution in [0.1, 0.15) is 26.0 Å². The number of nitrogen functional groups attached to an aromatic ring is 1. The maximum atomic E-state index is 7.00. The largest absolute Gasteiger partial charge is 0.400 e. The van der Waals surface area contributed by atoms with E-state index in [0.29, 0.717) is 17.3 Å². The molecule has 1 aliphatic rings. The maximum absolute atomic E-state index is 7.00. The number of imidazole rings is 1. The number of allylic oxidation sites excluding steroid dienone is 1. The third kappa shape index (κ3) is 2.88. The number of ether oxygens (including phenoxy) is 1. The SMILES string of the molecule is C=CCC1CC(C)OC1n1cnc2c(N)ncnc21.CO. The summed E-state index contributed by atoms with van der Waals surface area (Å²) >= 11 is 0. The van der Waals surface area contributed by atoms with E-state index in [1.165, 1.54) is 6.33 Å². The van der Waals surface area contributed by atoms with Gasteiger partial charge in [0, 0.05) is 13.0 Å². The van der Waals surface area contributed by atoms with Crippen molar-refractivity contribution >= 4 is 17.0 Å². The maximum Gasteiger partial charge on any atom is 0.167 e. The van der Waals surface area contributed by atoms with E-state index < -0.39 is 0 Å². The standard InChI is InChI=1S/C13H17N5O.CH4O/c1-3-4-9-5-8(2)19-13(9)18-7-17-10-11(14)15-6-16-12(10)18;1-2/h3,6-9,13H,1,4-5H2,2H3,(H2,14,15,16);2H,1H3. The summed E-state index contributed by atoms with van der Waals surface area (Å²) in [6.45, 7) is 5.90. The highest BCUT2D eigenvalue weighted by Gasteiger charge is 2.34. The molecule has 3 atom stereocenters. The molecule has 7 heteroatoms. The lowest BCUT2D eigenvalue weighted by molar-refractivity contribution is -0.00226. The molecule has 3 N–H and O–H groups in total. The van der Waals surface area contributed by atoms with E-state index in [2.05, 4.69) is 28.5 Å². The number of aliphatic hydroxyl groups excluding tert-OH is 1. The van der Waals surface area contributed by atoms with Crippen LogP contribution in [0.25, 0.3) is 11.2 Å². The highest BCUT2D eigenvalue weighted by Crippen LogP contribution is 2.38. The minimum atomic E-state index is -0.0627. The fourth-order valence-electron chi connectivity index (χ4n) is 2.72. The van der Waals surface area contributed by atoms with E-state index >= 15 is 0 Å². The van der Waals surface area contributed by atoms with Gasteiger partial charge in [-0.2, -0.15) is 0 Å². The number of nitrogens with two attached hydrogens (primary N) is 1. The van der Waals surface area contributed by atoms with E-state index in [9.17, 15) is 0 Å². The van der Waals surface area contributed by atoms with Gasteiger partial charge in [0.2, 0.25) is 0 Å². The van der Waals surface area contributed by atoms with Crippen LogP contribution in [0.5, 0.6) is 0 Å². The molecule has 3 unspecified atom stereocenters. The Hall–Kier alpha value is -1.99. The number of hydrogen-bond donors (Lipinski definition) is 2. The van der Waals surface area contributed by atoms with E-state index in [-0.39, 0.29) is 12.3 Å². The zero-order valence-electron chi connectivity index (χ0n) is 12.3. The molecule has 2 aromatic rings. The van der Waals surface area contributed by atoms with Gasteiger partial charge in [0.05, 0.1) is 12.4 Å². The quantitative estimate of drug-likeness (QED) is 0.832. The van der Waals surface area contributed by atoms with Crippen LogP contribution in [0.3, 0.4) is 0 Å². The lowest BCUT2D eigenvalue weighted by Crippen LogP contribution is -2.15. The first-order chi connectivity index (χ1) is 10.2. The average Bonchev–Trinajstić information content (AvgIpc) is 3.06. The number of nitrogens with zero attached hydrogens (tertiary/aromatic N) is 4. The van der Waals surface area contributed by atoms with Gasteiger partial charge in [0.25, 0.3) is 0 Å². The summed E-state index contributed by atoms with van der Waals surface area (Å²) in [6.07, 6.45) is 7.21. The van der Waals surface area contributed by atoms with Crippen LogP contribution in [0, 0.1) is 5.92 Å². The van der Waals surface area contributed by atoms with Crippen LogP contribution in [-0.2, 0) is 4.74 Å². The highest BCUT2D eigenvalue weighted by atomic mass is 16.5. The van der Waals surface area contributed by atoms with E-state index in [4.69, 9.17) is 15.6 Å². The van der Waals surface area contributed by atoms with Crippen LogP contribution < -0.4 is 5.73 Å². The smallest absolute Gasteiger partial charge is 0.167 e. The Morgan fingerprint density at radius 1 is 1.48 bits per heavy atom. The second-order valence-corrected chi connectivity index (χ2v) is 4.94. The summed E-state index contributed by atoms with van der Waals surface area (Å²) in [7, 11) is 1.00. The number of hydrogen-bond acceptors (Lipinski definition) is 6. The average molecular weight is 291 g/mol. The Bertz CT molecular complexity index is 612. The van der Waals surface area contributed by atoms with Crippen molar-refractivity contribution in [1.82, 2.24) is 19.5 Å². The van der Waals surface area contributed by atoms with Crippen LogP contribution >= 0.6 is 0 Å². The first kappa shape index (κ1) is 15.4. The zero-order chi connectivity index (χ0) is 15.4. The van der Waals surface area contributed by atoms with E-state index in [0.717, 1.165) is 25.6 Å². The molecule has 3 heterocycles. The molecule has 0 spiro atoms. The van der Waals surface area contributed by atoms with Crippen molar-refractivity contribution in [3.63, 3.8) is 0 Å². The van der Waals surface area contributed by atoms with Crippen molar-refractivity contribution in [2.24, 2.45) is 5.92 Å². The van der Waals surface area contributed by atoms with Crippen molar-refractivity contribution in [3.05, 3.63) is 25.3 Å². The van der Waals surface area contributed by atoms with Gasteiger partial charge in [-0.15, -0.1) is 6.58 Å². The molecule has 0 saturated carbocycles. The minimum Gasteiger partial charge on any atom is -0.400 e. The van der Waals surface area contributed by atoms with Gasteiger partial charge in [0.15, 0.2) is 11.5 Å². The molecule has 0 aromatic carbocycles. The number of fused-ring (bicyclic) bond motifs is 1. The monoisotopic (exact) mass is 291 g/mol. The number of rotatable bonds is 3. The molecule has 0 radical (unpaired) electrons. The molecule has 114 valence electrons. The Kier molecular flexibility index (Phi) is 4.87. The third-order valence-electron chi connectivity index (χ3n) is 3.54. The molecule has 2 aromatic heterocycles. The second-order valence-electron chi connectivity index (χ2n) is 4.94. The Morgan fingerprint density at radius 2 is 2.24 bits per heavy atom. The number of aliphatic hydroxyl groups is 1. The molecular weight excluding hydrogens is 270 g/mol. The Labute approximate surface area is 123 Å². The summed E-state index contributed by atoms with van der Waals surface area (Å²) in [5, 5.41) is 7.00. The number of aromatic nitrogens is 4. The van der Waals surface area contributed by atoms with E-state index in [1.807, 2.05) is 10.6 Å². The summed E-state index contributed by atoms with van der Waals surface area (Å²) in [5.41, 5.74) is 7.16. The van der Waals surface area contributed by atoms with Gasteiger partial charge in [-0.3, -0.25) is 4.57 Å². The summed E-state index contributed by atoms with van der Waals surface area (Å²) in [5.74, 6) is 0.788. The Balaban J connectivity index is 0.000000774. The lowest BCUT2D eigenvalue weighted by atomic mass is 10.00. The molecule has 0 aliphatic carbocycles. The Morgan fingerprint density at radius 3 is 2.95 bits per heavy atom. The minimum absolute atomic E-state index is 0.0627. The van der Waals surface area contributed by atoms with E-state index in [1.54, 1.807) is 6.33 Å². The van der Waals surface area contributed by atoms with Gasteiger partial charge in [0.1, 0.15) is 18.1 Å². The zero-order valence-corrected chi connectivity index (χ0v) is 12.3. The third-order valence-corrected chi connectivity index (χ3v) is 3.54. The number of anilines is 1. The van der Waals surface area contributed by atoms with Crippen molar-refractivity contribution < 1.29 is 9.84 Å². The molecule has 3 rings (SSSR count). The molecule has 1 fully saturated rings. The van der Waals surface area contributed by atoms with Gasteiger partial charge in [-0.05, 0) is 19.8 Å². The normalized spacial score (nSPS) is 24.6. The molecule has 1 aliphatic heterocycles. The fraction of sp³-hybridized carbons (Fsp3) is 0.500. The second kappa shape index (κ2) is 6.64. The van der Waals surface area contributed by atoms with Crippen molar-refractivity contribution in [3.8, 4) is 0 Å². The molecule has 0 bridgehead atoms. The molecular formula is C14H21N5O2. The molecule has 0 amide bonds. The predicted octanol–water partition coefficient (Wildman–Crippen LogP) is 1.52. The fourth-order valence-corrected chi connectivity index (χ4v) is 2.72. The van der Waals surface area contributed by atoms with Crippen molar-refractivity contribution in [2.75, 3.05) is 12.8 Å². The van der Waals surface area contributed by atoms with Gasteiger partial charge < -0.3 is 15.6 Å². The first-order valence-corrected chi connectivity index (χ1v) is 6.84. The van der Waals surface area contributed by atoms with Crippen molar-refractivity contribution in [1.29, 1.82) is 0 Å². The molecule has 21 heavy (non-hydrogen) atoms. The molecule has 1 saturated heterocycles. The molecule has 7 nitrogen and oxygen atoms in total. The van der Waals surface area contributed by atoms with Crippen LogP contribution in [0.2, 0.25) is 0 Å². The topological polar surface area (TPSA) is 99.1 Å². The summed E-state index contributed by atoms with van der Waals surface area (Å²) < 4.78 is 7.94. The lowest BCUT2D eigenvalue weighted by Gasteiger charge is -2.19. The van der Waals surface area contributed by atoms with Crippen LogP contribution in [-0.4, -0.2) is 37.8 Å². The van der Waals surface area contributed by atoms with Crippen molar-refractivity contribution in [2.45, 2.75) is 32.1 Å². The first-order valence-electron chi connectivity index (χ1n) is 6.84.